The molecule has 1 aromatic rings. The van der Waals surface area contributed by atoms with Crippen molar-refractivity contribution in [2.75, 3.05) is 33.2 Å². The summed E-state index contributed by atoms with van der Waals surface area (Å²) >= 11 is 0. The average molecular weight is 363 g/mol. The summed E-state index contributed by atoms with van der Waals surface area (Å²) < 4.78 is 13.6. The zero-order valence-corrected chi connectivity index (χ0v) is 15.5. The number of piperidine rings is 1. The number of hydrogen-bond acceptors (Lipinski definition) is 3. The van der Waals surface area contributed by atoms with Gasteiger partial charge in [0.05, 0.1) is 0 Å². The number of carbonyl (C=O) groups is 1. The highest BCUT2D eigenvalue weighted by Gasteiger charge is 2.22. The summed E-state index contributed by atoms with van der Waals surface area (Å²) in [5.41, 5.74) is 5.98. The lowest BCUT2D eigenvalue weighted by atomic mass is 9.96. The van der Waals surface area contributed by atoms with Crippen LogP contribution in [0.3, 0.4) is 0 Å². The summed E-state index contributed by atoms with van der Waals surface area (Å²) in [5, 5.41) is 6.38. The molecule has 7 heteroatoms. The number of nitrogens with one attached hydrogen (secondary N) is 2. The number of guanidine groups is 1. The van der Waals surface area contributed by atoms with Crippen molar-refractivity contribution in [1.29, 1.82) is 0 Å². The van der Waals surface area contributed by atoms with Gasteiger partial charge in [0.2, 0.25) is 5.91 Å². The van der Waals surface area contributed by atoms with E-state index in [1.807, 2.05) is 6.07 Å². The van der Waals surface area contributed by atoms with E-state index in [0.29, 0.717) is 18.1 Å². The molecule has 0 bridgehead atoms. The number of benzene rings is 1. The van der Waals surface area contributed by atoms with Gasteiger partial charge in [-0.15, -0.1) is 0 Å². The maximum atomic E-state index is 13.6. The van der Waals surface area contributed by atoms with Gasteiger partial charge in [-0.2, -0.15) is 0 Å². The zero-order chi connectivity index (χ0) is 18.8. The van der Waals surface area contributed by atoms with Gasteiger partial charge in [0.25, 0.3) is 0 Å². The average Bonchev–Trinajstić information content (AvgIpc) is 2.65. The van der Waals surface area contributed by atoms with Crippen molar-refractivity contribution < 1.29 is 9.18 Å². The quantitative estimate of drug-likeness (QED) is 0.371. The van der Waals surface area contributed by atoms with E-state index in [4.69, 9.17) is 5.73 Å². The van der Waals surface area contributed by atoms with Gasteiger partial charge in [0.15, 0.2) is 5.96 Å². The third-order valence-corrected chi connectivity index (χ3v) is 4.81. The molecular formula is C19H30FN5O. The summed E-state index contributed by atoms with van der Waals surface area (Å²) in [5.74, 6) is 0.353. The van der Waals surface area contributed by atoms with Crippen molar-refractivity contribution in [3.63, 3.8) is 0 Å². The molecule has 144 valence electrons. The molecule has 0 unspecified atom stereocenters. The second-order valence-corrected chi connectivity index (χ2v) is 6.67. The Balaban J connectivity index is 1.57. The van der Waals surface area contributed by atoms with Crippen molar-refractivity contribution in [1.82, 2.24) is 15.5 Å². The number of halogens is 1. The number of carbonyl (C=O) groups excluding carboxylic acids is 1. The molecule has 26 heavy (non-hydrogen) atoms. The van der Waals surface area contributed by atoms with Crippen LogP contribution in [0.4, 0.5) is 4.39 Å². The van der Waals surface area contributed by atoms with Crippen LogP contribution in [0.2, 0.25) is 0 Å². The first-order valence-corrected chi connectivity index (χ1v) is 9.29. The van der Waals surface area contributed by atoms with Crippen molar-refractivity contribution in [2.24, 2.45) is 16.6 Å². The van der Waals surface area contributed by atoms with Crippen LogP contribution in [-0.2, 0) is 11.3 Å². The van der Waals surface area contributed by atoms with Gasteiger partial charge in [-0.1, -0.05) is 18.2 Å². The van der Waals surface area contributed by atoms with Gasteiger partial charge in [-0.3, -0.25) is 9.79 Å². The molecule has 1 amide bonds. The van der Waals surface area contributed by atoms with Crippen molar-refractivity contribution >= 4 is 11.9 Å². The van der Waals surface area contributed by atoms with Gasteiger partial charge in [-0.25, -0.2) is 4.39 Å². The summed E-state index contributed by atoms with van der Waals surface area (Å²) in [6, 6.07) is 6.72. The Morgan fingerprint density at radius 3 is 2.65 bits per heavy atom. The molecular weight excluding hydrogens is 333 g/mol. The number of likely N-dealkylation sites (tertiary alicyclic amines) is 1. The van der Waals surface area contributed by atoms with Crippen LogP contribution in [0.5, 0.6) is 0 Å². The monoisotopic (exact) mass is 363 g/mol. The maximum absolute atomic E-state index is 13.6. The van der Waals surface area contributed by atoms with Gasteiger partial charge < -0.3 is 21.3 Å². The topological polar surface area (TPSA) is 82.8 Å². The fraction of sp³-hybridized carbons (Fsp3) is 0.579. The second-order valence-electron chi connectivity index (χ2n) is 6.67. The molecule has 4 N–H and O–H groups in total. The molecule has 2 rings (SSSR count). The van der Waals surface area contributed by atoms with E-state index in [1.54, 1.807) is 19.2 Å². The normalized spacial score (nSPS) is 16.5. The predicted molar refractivity (Wildman–Crippen MR) is 102 cm³/mol. The molecule has 1 aliphatic heterocycles. The smallest absolute Gasteiger partial charge is 0.220 e. The number of aliphatic imine (C=N–C) groups is 1. The van der Waals surface area contributed by atoms with E-state index in [9.17, 15) is 9.18 Å². The molecule has 1 aliphatic rings. The molecule has 1 saturated heterocycles. The maximum Gasteiger partial charge on any atom is 0.220 e. The van der Waals surface area contributed by atoms with Crippen LogP contribution in [0, 0.1) is 11.7 Å². The third kappa shape index (κ3) is 6.63. The number of nitrogens with two attached hydrogens (primary N) is 1. The molecule has 0 radical (unpaired) electrons. The molecule has 1 heterocycles. The SMILES string of the molecule is CN=C(NCCCCN1CCC(C(N)=O)CC1)NCc1ccccc1F. The summed E-state index contributed by atoms with van der Waals surface area (Å²) in [7, 11) is 1.71. The zero-order valence-electron chi connectivity index (χ0n) is 15.5. The van der Waals surface area contributed by atoms with E-state index < -0.39 is 0 Å². The third-order valence-electron chi connectivity index (χ3n) is 4.81. The molecule has 0 aromatic heterocycles. The highest BCUT2D eigenvalue weighted by Crippen LogP contribution is 2.16. The fourth-order valence-corrected chi connectivity index (χ4v) is 3.15. The Hall–Kier alpha value is -2.15. The molecule has 1 fully saturated rings. The van der Waals surface area contributed by atoms with Gasteiger partial charge in [-0.05, 0) is 51.4 Å². The second kappa shape index (κ2) is 10.8. The van der Waals surface area contributed by atoms with Gasteiger partial charge >= 0.3 is 0 Å². The molecule has 1 aromatic carbocycles. The van der Waals surface area contributed by atoms with E-state index in [0.717, 1.165) is 51.9 Å². The minimum absolute atomic E-state index is 0.0526. The minimum Gasteiger partial charge on any atom is -0.369 e. The Kier molecular flexibility index (Phi) is 8.34. The molecule has 0 spiro atoms. The summed E-state index contributed by atoms with van der Waals surface area (Å²) in [4.78, 5) is 17.7. The Labute approximate surface area is 155 Å². The van der Waals surface area contributed by atoms with Gasteiger partial charge in [0.1, 0.15) is 5.82 Å². The molecule has 6 nitrogen and oxygen atoms in total. The lowest BCUT2D eigenvalue weighted by Crippen LogP contribution is -2.39. The van der Waals surface area contributed by atoms with Crippen molar-refractivity contribution in [3.05, 3.63) is 35.6 Å². The summed E-state index contributed by atoms with van der Waals surface area (Å²) in [6.07, 6.45) is 3.86. The number of nitrogens with zero attached hydrogens (tertiary/aromatic N) is 2. The van der Waals surface area contributed by atoms with Crippen LogP contribution in [0.15, 0.2) is 29.3 Å². The van der Waals surface area contributed by atoms with E-state index in [1.165, 1.54) is 6.07 Å². The number of amides is 1. The Morgan fingerprint density at radius 1 is 1.27 bits per heavy atom. The van der Waals surface area contributed by atoms with Crippen molar-refractivity contribution in [3.8, 4) is 0 Å². The molecule has 0 atom stereocenters. The predicted octanol–water partition coefficient (Wildman–Crippen LogP) is 1.47. The van der Waals surface area contributed by atoms with E-state index in [-0.39, 0.29) is 17.6 Å². The highest BCUT2D eigenvalue weighted by atomic mass is 19.1. The first-order valence-electron chi connectivity index (χ1n) is 9.29. The minimum atomic E-state index is -0.212. The first kappa shape index (κ1) is 20.2. The van der Waals surface area contributed by atoms with Gasteiger partial charge in [0, 0.05) is 31.6 Å². The van der Waals surface area contributed by atoms with E-state index >= 15 is 0 Å². The van der Waals surface area contributed by atoms with E-state index in [2.05, 4.69) is 20.5 Å². The number of primary amides is 1. The number of rotatable bonds is 8. The lowest BCUT2D eigenvalue weighted by Gasteiger charge is -2.30. The van der Waals surface area contributed by atoms with Crippen LogP contribution in [0.25, 0.3) is 0 Å². The Bertz CT molecular complexity index is 599. The van der Waals surface area contributed by atoms with Crippen LogP contribution in [-0.4, -0.2) is 50.0 Å². The van der Waals surface area contributed by atoms with Crippen molar-refractivity contribution in [2.45, 2.75) is 32.2 Å². The number of hydrogen-bond donors (Lipinski definition) is 3. The standard InChI is InChI=1S/C19H30FN5O/c1-22-19(24-14-16-6-2-3-7-17(16)20)23-10-4-5-11-25-12-8-15(9-13-25)18(21)26/h2-3,6-7,15H,4-5,8-14H2,1H3,(H2,21,26)(H2,22,23,24). The highest BCUT2D eigenvalue weighted by molar-refractivity contribution is 5.79. The number of unbranched alkanes of at least 4 members (excludes halogenated alkanes) is 1. The summed E-state index contributed by atoms with van der Waals surface area (Å²) in [6.45, 7) is 4.16. The first-order chi connectivity index (χ1) is 12.6. The molecule has 0 aliphatic carbocycles. The lowest BCUT2D eigenvalue weighted by molar-refractivity contribution is -0.123. The van der Waals surface area contributed by atoms with Crippen LogP contribution < -0.4 is 16.4 Å². The Morgan fingerprint density at radius 2 is 2.00 bits per heavy atom. The van der Waals surface area contributed by atoms with Crippen LogP contribution >= 0.6 is 0 Å². The largest absolute Gasteiger partial charge is 0.369 e. The molecule has 0 saturated carbocycles. The van der Waals surface area contributed by atoms with Crippen LogP contribution in [0.1, 0.15) is 31.2 Å². The fourth-order valence-electron chi connectivity index (χ4n) is 3.15.